The van der Waals surface area contributed by atoms with Crippen molar-refractivity contribution in [2.45, 2.75) is 26.8 Å². The summed E-state index contributed by atoms with van der Waals surface area (Å²) < 4.78 is 35.5. The van der Waals surface area contributed by atoms with Crippen LogP contribution in [0.1, 0.15) is 37.9 Å². The quantitative estimate of drug-likeness (QED) is 0.192. The highest BCUT2D eigenvalue weighted by molar-refractivity contribution is 9.10. The topological polar surface area (TPSA) is 124 Å². The lowest BCUT2D eigenvalue weighted by atomic mass is 9.95. The molecule has 0 saturated heterocycles. The Balaban J connectivity index is 1.94. The van der Waals surface area contributed by atoms with E-state index in [-0.39, 0.29) is 31.0 Å². The number of hydrogen-bond donors (Lipinski definition) is 0. The molecular formula is C32H33BrN2O9S. The second-order valence-corrected chi connectivity index (χ2v) is 11.4. The maximum absolute atomic E-state index is 14.2. The first-order valence-corrected chi connectivity index (χ1v) is 15.5. The lowest BCUT2D eigenvalue weighted by molar-refractivity contribution is -0.143. The average Bonchev–Trinajstić information content (AvgIpc) is 3.32. The van der Waals surface area contributed by atoms with Gasteiger partial charge in [0.05, 0.1) is 49.3 Å². The number of hydrogen-bond acceptors (Lipinski definition) is 11. The van der Waals surface area contributed by atoms with Gasteiger partial charge in [0.15, 0.2) is 34.4 Å². The number of carbonyl (C=O) groups is 2. The molecule has 2 heterocycles. The van der Waals surface area contributed by atoms with E-state index in [1.165, 1.54) is 30.1 Å². The van der Waals surface area contributed by atoms with E-state index >= 15 is 0 Å². The first kappa shape index (κ1) is 33.5. The molecule has 1 aliphatic rings. The molecule has 1 atom stereocenters. The first-order valence-electron chi connectivity index (χ1n) is 13.9. The number of benzene rings is 2. The van der Waals surface area contributed by atoms with Crippen LogP contribution in [-0.4, -0.2) is 57.2 Å². The zero-order chi connectivity index (χ0) is 32.7. The molecule has 0 aliphatic carbocycles. The average molecular weight is 702 g/mol. The lowest BCUT2D eigenvalue weighted by Crippen LogP contribution is -2.40. The molecule has 1 aromatic heterocycles. The van der Waals surface area contributed by atoms with Crippen LogP contribution in [-0.2, 0) is 19.1 Å². The summed E-state index contributed by atoms with van der Waals surface area (Å²) in [7, 11) is 2.80. The van der Waals surface area contributed by atoms with Crippen LogP contribution >= 0.6 is 27.3 Å². The van der Waals surface area contributed by atoms with Gasteiger partial charge in [-0.05, 0) is 56.7 Å². The summed E-state index contributed by atoms with van der Waals surface area (Å²) in [6, 6.07) is 7.68. The van der Waals surface area contributed by atoms with Gasteiger partial charge in [-0.15, -0.1) is 0 Å². The maximum Gasteiger partial charge on any atom is 0.343 e. The molecule has 0 amide bonds. The third kappa shape index (κ3) is 7.31. The highest BCUT2D eigenvalue weighted by Gasteiger charge is 2.34. The predicted molar refractivity (Wildman–Crippen MR) is 172 cm³/mol. The normalized spacial score (nSPS) is 14.3. The molecule has 0 spiro atoms. The molecule has 4 rings (SSSR count). The van der Waals surface area contributed by atoms with E-state index < -0.39 is 18.0 Å². The molecule has 45 heavy (non-hydrogen) atoms. The van der Waals surface area contributed by atoms with Crippen molar-refractivity contribution in [3.63, 3.8) is 0 Å². The van der Waals surface area contributed by atoms with Crippen molar-refractivity contribution in [1.82, 2.24) is 4.57 Å². The van der Waals surface area contributed by atoms with Gasteiger partial charge in [-0.3, -0.25) is 9.36 Å². The van der Waals surface area contributed by atoms with Crippen LogP contribution < -0.4 is 33.8 Å². The molecule has 0 bridgehead atoms. The minimum absolute atomic E-state index is 0.134. The van der Waals surface area contributed by atoms with Crippen molar-refractivity contribution in [1.29, 1.82) is 0 Å². The third-order valence-corrected chi connectivity index (χ3v) is 8.01. The number of halogens is 1. The molecule has 0 saturated carbocycles. The van der Waals surface area contributed by atoms with Gasteiger partial charge in [0.2, 0.25) is 0 Å². The van der Waals surface area contributed by atoms with Crippen LogP contribution in [0.25, 0.3) is 6.08 Å². The number of ether oxygens (including phenoxy) is 6. The van der Waals surface area contributed by atoms with E-state index in [0.29, 0.717) is 55.8 Å². The van der Waals surface area contributed by atoms with Crippen LogP contribution in [0, 0.1) is 0 Å². The third-order valence-electron chi connectivity index (χ3n) is 6.57. The van der Waals surface area contributed by atoms with Crippen molar-refractivity contribution in [3.05, 3.63) is 89.5 Å². The van der Waals surface area contributed by atoms with Gasteiger partial charge in [-0.25, -0.2) is 14.6 Å². The number of nitrogens with zero attached hydrogens (tertiary/aromatic N) is 2. The molecule has 13 heteroatoms. The van der Waals surface area contributed by atoms with E-state index in [4.69, 9.17) is 23.7 Å². The molecule has 11 nitrogen and oxygen atoms in total. The smallest absolute Gasteiger partial charge is 0.343 e. The zero-order valence-electron chi connectivity index (χ0n) is 25.5. The number of aromatic nitrogens is 1. The van der Waals surface area contributed by atoms with Crippen molar-refractivity contribution in [2.24, 2.45) is 4.99 Å². The van der Waals surface area contributed by atoms with E-state index in [1.54, 1.807) is 57.2 Å². The van der Waals surface area contributed by atoms with E-state index in [0.717, 1.165) is 4.47 Å². The monoisotopic (exact) mass is 700 g/mol. The largest absolute Gasteiger partial charge is 0.493 e. The van der Waals surface area contributed by atoms with Gasteiger partial charge < -0.3 is 28.4 Å². The molecule has 0 unspecified atom stereocenters. The molecule has 238 valence electrons. The van der Waals surface area contributed by atoms with Crippen LogP contribution in [0.4, 0.5) is 0 Å². The number of allylic oxidation sites excluding steroid dienone is 1. The summed E-state index contributed by atoms with van der Waals surface area (Å²) >= 11 is 4.67. The second-order valence-electron chi connectivity index (χ2n) is 9.43. The Kier molecular flexibility index (Phi) is 11.2. The molecule has 0 N–H and O–H groups in total. The van der Waals surface area contributed by atoms with Crippen molar-refractivity contribution in [3.8, 4) is 23.0 Å². The molecular weight excluding hydrogens is 668 g/mol. The number of rotatable bonds is 13. The Labute approximate surface area is 272 Å². The standard InChI is InChI=1S/C32H33BrN2O9S/c1-7-12-43-29-20(13-21(33)16-24(29)39-5)15-25-30(37)35-28(27(31(38)42-9-3)18(4)34-32(35)45-25)19-10-11-22(23(14-19)41-8-2)44-17-26(36)40-6/h7,10-11,13-16,28H,1,8-9,12,17H2,2-6H3/b25-15+/t28-/m1/s1. The molecule has 0 fully saturated rings. The van der Waals surface area contributed by atoms with Crippen molar-refractivity contribution < 1.29 is 38.0 Å². The minimum atomic E-state index is -0.898. The fourth-order valence-corrected chi connectivity index (χ4v) is 6.16. The molecule has 3 aromatic rings. The second kappa shape index (κ2) is 15.1. The van der Waals surface area contributed by atoms with Gasteiger partial charge >= 0.3 is 11.9 Å². The number of carbonyl (C=O) groups excluding carboxylic acids is 2. The minimum Gasteiger partial charge on any atom is -0.493 e. The van der Waals surface area contributed by atoms with Crippen molar-refractivity contribution in [2.75, 3.05) is 40.6 Å². The van der Waals surface area contributed by atoms with Gasteiger partial charge in [0.1, 0.15) is 6.61 Å². The summed E-state index contributed by atoms with van der Waals surface area (Å²) in [4.78, 5) is 44.3. The van der Waals surface area contributed by atoms with Gasteiger partial charge in [-0.2, -0.15) is 0 Å². The summed E-state index contributed by atoms with van der Waals surface area (Å²) in [6.45, 7) is 9.26. The predicted octanol–water partition coefficient (Wildman–Crippen LogP) is 4.08. The fourth-order valence-electron chi connectivity index (χ4n) is 4.67. The van der Waals surface area contributed by atoms with E-state index in [2.05, 4.69) is 32.2 Å². The Hall–Kier alpha value is -4.36. The highest BCUT2D eigenvalue weighted by atomic mass is 79.9. The Morgan fingerprint density at radius 2 is 1.84 bits per heavy atom. The molecule has 1 aliphatic heterocycles. The SMILES string of the molecule is C=CCOc1c(/C=c2/sc3n(c2=O)[C@H](c2ccc(OCC(=O)OC)c(OCC)c2)C(C(=O)OCC)=C(C)N=3)cc(Br)cc1OC. The Morgan fingerprint density at radius 1 is 1.07 bits per heavy atom. The van der Waals surface area contributed by atoms with Crippen LogP contribution in [0.5, 0.6) is 23.0 Å². The Bertz CT molecular complexity index is 1830. The highest BCUT2D eigenvalue weighted by Crippen LogP contribution is 2.37. The summed E-state index contributed by atoms with van der Waals surface area (Å²) in [5, 5.41) is 0. The molecule has 2 aromatic carbocycles. The van der Waals surface area contributed by atoms with E-state index in [9.17, 15) is 14.4 Å². The summed E-state index contributed by atoms with van der Waals surface area (Å²) in [5.74, 6) is 0.380. The Morgan fingerprint density at radius 3 is 2.51 bits per heavy atom. The van der Waals surface area contributed by atoms with Gasteiger partial charge in [-0.1, -0.05) is 46.0 Å². The van der Waals surface area contributed by atoms with Crippen LogP contribution in [0.3, 0.4) is 0 Å². The zero-order valence-corrected chi connectivity index (χ0v) is 27.9. The van der Waals surface area contributed by atoms with E-state index in [1.807, 2.05) is 6.07 Å². The summed E-state index contributed by atoms with van der Waals surface area (Å²) in [6.07, 6.45) is 3.31. The summed E-state index contributed by atoms with van der Waals surface area (Å²) in [5.41, 5.74) is 1.38. The number of fused-ring (bicyclic) bond motifs is 1. The van der Waals surface area contributed by atoms with Crippen molar-refractivity contribution >= 4 is 45.3 Å². The fraction of sp³-hybridized carbons (Fsp3) is 0.312. The van der Waals surface area contributed by atoms with Crippen LogP contribution in [0.2, 0.25) is 0 Å². The van der Waals surface area contributed by atoms with Gasteiger partial charge in [0.25, 0.3) is 5.56 Å². The lowest BCUT2D eigenvalue weighted by Gasteiger charge is -2.25. The number of thiazole rings is 1. The maximum atomic E-state index is 14.2. The van der Waals surface area contributed by atoms with Gasteiger partial charge in [0, 0.05) is 10.0 Å². The molecule has 0 radical (unpaired) electrons. The number of methoxy groups -OCH3 is 2. The number of esters is 2. The first-order chi connectivity index (χ1) is 21.7. The van der Waals surface area contributed by atoms with Crippen LogP contribution in [0.15, 0.2) is 68.5 Å².